The van der Waals surface area contributed by atoms with E-state index in [4.69, 9.17) is 4.74 Å². The molecular weight excluding hydrogens is 448 g/mol. The number of β-lactam (4-membered cyclic amide) rings is 1. The maximum atomic E-state index is 12.7. The number of benzene rings is 1. The van der Waals surface area contributed by atoms with Gasteiger partial charge in [-0.15, -0.1) is 11.8 Å². The number of anilines is 1. The van der Waals surface area contributed by atoms with Gasteiger partial charge in [0, 0.05) is 35.0 Å². The molecule has 1 saturated heterocycles. The molecule has 0 unspecified atom stereocenters. The number of aliphatic carboxylic acids is 1. The van der Waals surface area contributed by atoms with E-state index < -0.39 is 35.2 Å². The Morgan fingerprint density at radius 2 is 2.06 bits per heavy atom. The second kappa shape index (κ2) is 9.10. The van der Waals surface area contributed by atoms with Crippen LogP contribution in [0, 0.1) is 6.92 Å². The summed E-state index contributed by atoms with van der Waals surface area (Å²) in [6, 6.07) is 8.58. The van der Waals surface area contributed by atoms with Crippen molar-refractivity contribution in [3.8, 4) is 0 Å². The van der Waals surface area contributed by atoms with Gasteiger partial charge in [-0.1, -0.05) is 18.2 Å². The molecular formula is C22H22N4O6S. The van der Waals surface area contributed by atoms with E-state index in [1.54, 1.807) is 0 Å². The van der Waals surface area contributed by atoms with E-state index in [1.165, 1.54) is 18.7 Å². The predicted molar refractivity (Wildman–Crippen MR) is 121 cm³/mol. The molecule has 1 fully saturated rings. The van der Waals surface area contributed by atoms with Crippen LogP contribution in [0.1, 0.15) is 12.6 Å². The van der Waals surface area contributed by atoms with Crippen molar-refractivity contribution in [2.45, 2.75) is 25.3 Å². The number of carbonyl (C=O) groups is 4. The lowest BCUT2D eigenvalue weighted by molar-refractivity contribution is -0.150. The summed E-state index contributed by atoms with van der Waals surface area (Å²) in [5, 5.41) is 15.7. The van der Waals surface area contributed by atoms with Gasteiger partial charge in [0.05, 0.1) is 12.1 Å². The molecule has 11 heteroatoms. The summed E-state index contributed by atoms with van der Waals surface area (Å²) < 4.78 is 4.92. The third-order valence-electron chi connectivity index (χ3n) is 5.30. The molecule has 2 atom stereocenters. The highest BCUT2D eigenvalue weighted by atomic mass is 32.2. The number of amides is 2. The molecule has 172 valence electrons. The molecule has 2 aromatic rings. The van der Waals surface area contributed by atoms with Gasteiger partial charge in [-0.2, -0.15) is 0 Å². The van der Waals surface area contributed by atoms with Gasteiger partial charge in [0.25, 0.3) is 5.91 Å². The van der Waals surface area contributed by atoms with Crippen LogP contribution >= 0.6 is 11.8 Å². The molecule has 1 aromatic carbocycles. The summed E-state index contributed by atoms with van der Waals surface area (Å²) in [7, 11) is 0. The lowest BCUT2D eigenvalue weighted by Gasteiger charge is -2.49. The van der Waals surface area contributed by atoms with Gasteiger partial charge < -0.3 is 20.5 Å². The van der Waals surface area contributed by atoms with Crippen molar-refractivity contribution in [1.82, 2.24) is 15.2 Å². The highest BCUT2D eigenvalue weighted by Gasteiger charge is 2.54. The van der Waals surface area contributed by atoms with Crippen molar-refractivity contribution < 1.29 is 29.0 Å². The van der Waals surface area contributed by atoms with Crippen molar-refractivity contribution in [3.05, 3.63) is 47.3 Å². The van der Waals surface area contributed by atoms with E-state index in [1.807, 2.05) is 37.3 Å². The highest BCUT2D eigenvalue weighted by molar-refractivity contribution is 8.00. The van der Waals surface area contributed by atoms with Gasteiger partial charge in [0.1, 0.15) is 23.7 Å². The summed E-state index contributed by atoms with van der Waals surface area (Å²) >= 11 is 1.32. The summed E-state index contributed by atoms with van der Waals surface area (Å²) in [4.78, 5) is 53.7. The Morgan fingerprint density at radius 3 is 2.79 bits per heavy atom. The van der Waals surface area contributed by atoms with Crippen LogP contribution in [0.4, 0.5) is 5.69 Å². The van der Waals surface area contributed by atoms with E-state index in [9.17, 15) is 24.3 Å². The molecule has 0 bridgehead atoms. The zero-order valence-electron chi connectivity index (χ0n) is 18.0. The van der Waals surface area contributed by atoms with Crippen LogP contribution in [0.2, 0.25) is 0 Å². The molecule has 4 rings (SSSR count). The summed E-state index contributed by atoms with van der Waals surface area (Å²) in [5.41, 5.74) is 2.53. The predicted octanol–water partition coefficient (Wildman–Crippen LogP) is 1.26. The average Bonchev–Trinajstić information content (AvgIpc) is 2.78. The normalized spacial score (nSPS) is 19.6. The molecule has 2 amide bonds. The average molecular weight is 471 g/mol. The smallest absolute Gasteiger partial charge is 0.352 e. The van der Waals surface area contributed by atoms with E-state index in [0.717, 1.165) is 27.2 Å². The fraction of sp³-hybridized carbons (Fsp3) is 0.318. The topological polar surface area (TPSA) is 138 Å². The van der Waals surface area contributed by atoms with Gasteiger partial charge in [0.15, 0.2) is 0 Å². The van der Waals surface area contributed by atoms with Gasteiger partial charge in [-0.05, 0) is 19.1 Å². The number of carboxylic acids is 1. The van der Waals surface area contributed by atoms with Crippen molar-refractivity contribution >= 4 is 52.1 Å². The zero-order valence-corrected chi connectivity index (χ0v) is 18.8. The number of aromatic nitrogens is 1. The number of aryl methyl sites for hydroxylation is 1. The Morgan fingerprint density at radius 1 is 1.30 bits per heavy atom. The fourth-order valence-corrected chi connectivity index (χ4v) is 5.16. The summed E-state index contributed by atoms with van der Waals surface area (Å²) in [6.07, 6.45) is 0. The van der Waals surface area contributed by atoms with Crippen LogP contribution < -0.4 is 10.6 Å². The van der Waals surface area contributed by atoms with Gasteiger partial charge in [-0.25, -0.2) is 4.79 Å². The van der Waals surface area contributed by atoms with Crippen LogP contribution in [0.5, 0.6) is 0 Å². The Labute approximate surface area is 193 Å². The number of rotatable bonds is 7. The standard InChI is InChI=1S/C22H22N4O6S/c1-11-7-16(14-5-3-4-6-15(14)24-11)23-8-17(28)25-18-20(29)26-19(22(30)31)13(9-32-12(2)27)10-33-21(18)26/h3-7,18,21H,8-10H2,1-2H3,(H,23,24)(H,25,28)(H,30,31)/t18-,21-/m1/s1. The quantitative estimate of drug-likeness (QED) is 0.403. The number of hydrogen-bond donors (Lipinski definition) is 3. The number of hydrogen-bond acceptors (Lipinski definition) is 8. The van der Waals surface area contributed by atoms with Gasteiger partial charge in [0.2, 0.25) is 5.91 Å². The van der Waals surface area contributed by atoms with Crippen molar-refractivity contribution in [1.29, 1.82) is 0 Å². The van der Waals surface area contributed by atoms with Crippen molar-refractivity contribution in [3.63, 3.8) is 0 Å². The highest BCUT2D eigenvalue weighted by Crippen LogP contribution is 2.40. The van der Waals surface area contributed by atoms with E-state index in [0.29, 0.717) is 5.57 Å². The van der Waals surface area contributed by atoms with E-state index in [2.05, 4.69) is 15.6 Å². The number of nitrogens with zero attached hydrogens (tertiary/aromatic N) is 2. The lowest BCUT2D eigenvalue weighted by atomic mass is 10.0. The molecule has 0 saturated carbocycles. The number of para-hydroxylation sites is 1. The number of pyridine rings is 1. The van der Waals surface area contributed by atoms with Crippen LogP contribution in [-0.2, 0) is 23.9 Å². The first-order valence-corrected chi connectivity index (χ1v) is 11.2. The molecule has 10 nitrogen and oxygen atoms in total. The first kappa shape index (κ1) is 22.6. The number of nitrogens with one attached hydrogen (secondary N) is 2. The summed E-state index contributed by atoms with van der Waals surface area (Å²) in [5.74, 6) is -2.44. The van der Waals surface area contributed by atoms with Crippen LogP contribution in [0.3, 0.4) is 0 Å². The molecule has 1 aromatic heterocycles. The Kier molecular flexibility index (Phi) is 6.23. The van der Waals surface area contributed by atoms with Crippen molar-refractivity contribution in [2.24, 2.45) is 0 Å². The number of carbonyl (C=O) groups excluding carboxylic acids is 3. The van der Waals surface area contributed by atoms with Crippen LogP contribution in [0.25, 0.3) is 10.9 Å². The SMILES string of the molecule is CC(=O)OCC1=C(C(=O)O)N2C(=O)[C@@H](NC(=O)CNc3cc(C)nc4ccccc34)[C@H]2SC1. The minimum Gasteiger partial charge on any atom is -0.477 e. The molecule has 33 heavy (non-hydrogen) atoms. The Hall–Kier alpha value is -3.60. The van der Waals surface area contributed by atoms with Crippen LogP contribution in [0.15, 0.2) is 41.6 Å². The minimum atomic E-state index is -1.28. The zero-order chi connectivity index (χ0) is 23.7. The number of ether oxygens (including phenoxy) is 1. The van der Waals surface area contributed by atoms with Crippen LogP contribution in [-0.4, -0.2) is 69.1 Å². The first-order chi connectivity index (χ1) is 15.8. The van der Waals surface area contributed by atoms with E-state index >= 15 is 0 Å². The third-order valence-corrected chi connectivity index (χ3v) is 6.64. The number of esters is 1. The molecule has 3 heterocycles. The molecule has 0 radical (unpaired) electrons. The maximum Gasteiger partial charge on any atom is 0.352 e. The molecule has 2 aliphatic rings. The number of fused-ring (bicyclic) bond motifs is 2. The molecule has 0 spiro atoms. The van der Waals surface area contributed by atoms with Gasteiger partial charge >= 0.3 is 11.9 Å². The molecule has 3 N–H and O–H groups in total. The number of carboxylic acid groups (broad SMARTS) is 1. The third kappa shape index (κ3) is 4.49. The minimum absolute atomic E-state index is 0.0616. The second-order valence-corrected chi connectivity index (χ2v) is 8.78. The molecule has 2 aliphatic heterocycles. The van der Waals surface area contributed by atoms with Crippen molar-refractivity contribution in [2.75, 3.05) is 24.2 Å². The van der Waals surface area contributed by atoms with Gasteiger partial charge in [-0.3, -0.25) is 24.3 Å². The molecule has 0 aliphatic carbocycles. The Balaban J connectivity index is 1.41. The maximum absolute atomic E-state index is 12.7. The summed E-state index contributed by atoms with van der Waals surface area (Å²) in [6.45, 7) is 2.84. The largest absolute Gasteiger partial charge is 0.477 e. The van der Waals surface area contributed by atoms with E-state index in [-0.39, 0.29) is 24.6 Å². The fourth-order valence-electron chi connectivity index (χ4n) is 3.84. The number of thioether (sulfide) groups is 1. The second-order valence-electron chi connectivity index (χ2n) is 7.67. The Bertz CT molecular complexity index is 1200. The monoisotopic (exact) mass is 470 g/mol. The lowest BCUT2D eigenvalue weighted by Crippen LogP contribution is -2.71. The first-order valence-electron chi connectivity index (χ1n) is 10.2.